The average Bonchev–Trinajstić information content (AvgIpc) is 3.11. The van der Waals surface area contributed by atoms with E-state index in [1.807, 2.05) is 12.1 Å². The summed E-state index contributed by atoms with van der Waals surface area (Å²) < 4.78 is 28.8. The number of carbonyl (C=O) groups is 1. The molecule has 0 bridgehead atoms. The van der Waals surface area contributed by atoms with Crippen molar-refractivity contribution in [3.05, 3.63) is 61.9 Å². The Morgan fingerprint density at radius 1 is 1.25 bits per heavy atom. The number of halogens is 5. The van der Waals surface area contributed by atoms with Crippen LogP contribution in [0.2, 0.25) is 10.0 Å². The van der Waals surface area contributed by atoms with Crippen LogP contribution in [0.25, 0.3) is 0 Å². The van der Waals surface area contributed by atoms with Crippen LogP contribution >= 0.6 is 39.1 Å². The standard InChI is InChI=1S/C17H14BrCl2F2N5O/c1-9-14(18)15(16(21)22)24-27(9)8-13(28)23-17-12(20)7-26(25-17)6-10-2-4-11(19)5-3-10/h2-5,7,16H,6,8H2,1H3,(H,23,25,28). The number of aromatic nitrogens is 4. The molecule has 0 radical (unpaired) electrons. The zero-order valence-corrected chi connectivity index (χ0v) is 17.6. The molecule has 28 heavy (non-hydrogen) atoms. The first-order chi connectivity index (χ1) is 13.2. The molecule has 0 fully saturated rings. The lowest BCUT2D eigenvalue weighted by Crippen LogP contribution is -2.21. The molecule has 0 spiro atoms. The summed E-state index contributed by atoms with van der Waals surface area (Å²) in [5.41, 5.74) is 0.971. The van der Waals surface area contributed by atoms with Crippen molar-refractivity contribution in [3.8, 4) is 0 Å². The third-order valence-corrected chi connectivity index (χ3v) is 5.40. The largest absolute Gasteiger partial charge is 0.306 e. The van der Waals surface area contributed by atoms with Crippen molar-refractivity contribution in [3.63, 3.8) is 0 Å². The summed E-state index contributed by atoms with van der Waals surface area (Å²) in [4.78, 5) is 12.3. The molecule has 1 aromatic carbocycles. The van der Waals surface area contributed by atoms with Crippen LogP contribution in [-0.2, 0) is 17.9 Å². The number of rotatable bonds is 6. The van der Waals surface area contributed by atoms with E-state index < -0.39 is 18.0 Å². The van der Waals surface area contributed by atoms with Gasteiger partial charge in [0.05, 0.1) is 16.7 Å². The maximum Gasteiger partial charge on any atom is 0.283 e. The summed E-state index contributed by atoms with van der Waals surface area (Å²) in [7, 11) is 0. The van der Waals surface area contributed by atoms with Crippen molar-refractivity contribution in [2.24, 2.45) is 0 Å². The van der Waals surface area contributed by atoms with Gasteiger partial charge in [-0.3, -0.25) is 14.2 Å². The first-order valence-corrected chi connectivity index (χ1v) is 9.57. The summed E-state index contributed by atoms with van der Waals surface area (Å²) in [6, 6.07) is 7.25. The van der Waals surface area contributed by atoms with Crippen molar-refractivity contribution in [1.82, 2.24) is 19.6 Å². The monoisotopic (exact) mass is 491 g/mol. The van der Waals surface area contributed by atoms with Gasteiger partial charge in [0, 0.05) is 11.2 Å². The smallest absolute Gasteiger partial charge is 0.283 e. The zero-order valence-electron chi connectivity index (χ0n) is 14.5. The molecule has 0 aliphatic rings. The average molecular weight is 493 g/mol. The molecule has 0 atom stereocenters. The highest BCUT2D eigenvalue weighted by molar-refractivity contribution is 9.10. The molecule has 1 amide bonds. The van der Waals surface area contributed by atoms with Crippen LogP contribution < -0.4 is 5.32 Å². The van der Waals surface area contributed by atoms with Crippen molar-refractivity contribution in [2.45, 2.75) is 26.4 Å². The highest BCUT2D eigenvalue weighted by Crippen LogP contribution is 2.29. The number of benzene rings is 1. The van der Waals surface area contributed by atoms with Crippen molar-refractivity contribution in [2.75, 3.05) is 5.32 Å². The van der Waals surface area contributed by atoms with Gasteiger partial charge in [-0.1, -0.05) is 35.3 Å². The minimum Gasteiger partial charge on any atom is -0.306 e. The van der Waals surface area contributed by atoms with Gasteiger partial charge in [-0.05, 0) is 40.5 Å². The van der Waals surface area contributed by atoms with E-state index in [0.717, 1.165) is 5.56 Å². The Balaban J connectivity index is 1.68. The Hall–Kier alpha value is -1.97. The van der Waals surface area contributed by atoms with Gasteiger partial charge in [-0.15, -0.1) is 0 Å². The van der Waals surface area contributed by atoms with Gasteiger partial charge in [0.1, 0.15) is 17.3 Å². The maximum absolute atomic E-state index is 12.9. The van der Waals surface area contributed by atoms with Crippen LogP contribution in [-0.4, -0.2) is 25.5 Å². The highest BCUT2D eigenvalue weighted by atomic mass is 79.9. The Morgan fingerprint density at radius 2 is 1.93 bits per heavy atom. The maximum atomic E-state index is 12.9. The minimum atomic E-state index is -2.74. The van der Waals surface area contributed by atoms with Gasteiger partial charge in [0.15, 0.2) is 5.82 Å². The van der Waals surface area contributed by atoms with E-state index >= 15 is 0 Å². The fourth-order valence-electron chi connectivity index (χ4n) is 2.49. The molecular formula is C17H14BrCl2F2N5O. The van der Waals surface area contributed by atoms with Crippen LogP contribution in [0.3, 0.4) is 0 Å². The number of alkyl halides is 2. The Kier molecular flexibility index (Phi) is 6.36. The third-order valence-electron chi connectivity index (χ3n) is 3.89. The van der Waals surface area contributed by atoms with Gasteiger partial charge in [0.25, 0.3) is 6.43 Å². The molecule has 0 aliphatic carbocycles. The summed E-state index contributed by atoms with van der Waals surface area (Å²) in [6.45, 7) is 1.78. The van der Waals surface area contributed by atoms with E-state index in [1.54, 1.807) is 29.9 Å². The molecule has 0 saturated carbocycles. The Bertz CT molecular complexity index is 1000. The molecule has 148 valence electrons. The number of amides is 1. The second kappa shape index (κ2) is 8.59. The number of carbonyl (C=O) groups excluding carboxylic acids is 1. The topological polar surface area (TPSA) is 64.7 Å². The minimum absolute atomic E-state index is 0.179. The molecule has 1 N–H and O–H groups in total. The number of nitrogens with zero attached hydrogens (tertiary/aromatic N) is 4. The lowest BCUT2D eigenvalue weighted by Gasteiger charge is -2.05. The molecule has 3 rings (SSSR count). The molecule has 0 saturated heterocycles. The van der Waals surface area contributed by atoms with E-state index in [-0.39, 0.29) is 21.9 Å². The van der Waals surface area contributed by atoms with E-state index in [1.165, 1.54) is 4.68 Å². The van der Waals surface area contributed by atoms with Crippen LogP contribution in [0.5, 0.6) is 0 Å². The first kappa shape index (κ1) is 20.8. The molecule has 0 unspecified atom stereocenters. The SMILES string of the molecule is Cc1c(Br)c(C(F)F)nn1CC(=O)Nc1nn(Cc2ccc(Cl)cc2)cc1Cl. The normalized spacial score (nSPS) is 11.2. The third kappa shape index (κ3) is 4.71. The molecule has 3 aromatic rings. The number of anilines is 1. The van der Waals surface area contributed by atoms with Gasteiger partial charge < -0.3 is 5.32 Å². The molecule has 11 heteroatoms. The Labute approximate surface area is 177 Å². The molecule has 2 aromatic heterocycles. The van der Waals surface area contributed by atoms with Crippen molar-refractivity contribution < 1.29 is 13.6 Å². The summed E-state index contributed by atoms with van der Waals surface area (Å²) >= 11 is 15.1. The van der Waals surface area contributed by atoms with Crippen LogP contribution in [0.15, 0.2) is 34.9 Å². The summed E-state index contributed by atoms with van der Waals surface area (Å²) in [5, 5.41) is 11.5. The molecule has 2 heterocycles. The Morgan fingerprint density at radius 3 is 2.54 bits per heavy atom. The lowest BCUT2D eigenvalue weighted by atomic mass is 10.2. The fraction of sp³-hybridized carbons (Fsp3) is 0.235. The van der Waals surface area contributed by atoms with Crippen LogP contribution in [0.1, 0.15) is 23.4 Å². The van der Waals surface area contributed by atoms with Crippen LogP contribution in [0.4, 0.5) is 14.6 Å². The molecule has 0 aliphatic heterocycles. The van der Waals surface area contributed by atoms with E-state index in [4.69, 9.17) is 23.2 Å². The first-order valence-electron chi connectivity index (χ1n) is 8.02. The van der Waals surface area contributed by atoms with E-state index in [0.29, 0.717) is 17.3 Å². The van der Waals surface area contributed by atoms with Crippen LogP contribution in [0, 0.1) is 6.92 Å². The quantitative estimate of drug-likeness (QED) is 0.521. The van der Waals surface area contributed by atoms with Gasteiger partial charge in [-0.25, -0.2) is 8.78 Å². The summed E-state index contributed by atoms with van der Waals surface area (Å²) in [5.74, 6) is -0.309. The molecular weight excluding hydrogens is 479 g/mol. The highest BCUT2D eigenvalue weighted by Gasteiger charge is 2.21. The van der Waals surface area contributed by atoms with Gasteiger partial charge in [0.2, 0.25) is 5.91 Å². The van der Waals surface area contributed by atoms with Gasteiger partial charge >= 0.3 is 0 Å². The molecule has 6 nitrogen and oxygen atoms in total. The second-order valence-electron chi connectivity index (χ2n) is 5.94. The van der Waals surface area contributed by atoms with Crippen molar-refractivity contribution >= 4 is 50.9 Å². The number of nitrogens with one attached hydrogen (secondary N) is 1. The zero-order chi connectivity index (χ0) is 20.4. The summed E-state index contributed by atoms with van der Waals surface area (Å²) in [6.07, 6.45) is -1.16. The predicted octanol–water partition coefficient (Wildman–Crippen LogP) is 5.08. The number of hydrogen-bond acceptors (Lipinski definition) is 3. The predicted molar refractivity (Wildman–Crippen MR) is 106 cm³/mol. The van der Waals surface area contributed by atoms with Gasteiger partial charge in [-0.2, -0.15) is 10.2 Å². The fourth-order valence-corrected chi connectivity index (χ4v) is 3.27. The lowest BCUT2D eigenvalue weighted by molar-refractivity contribution is -0.117. The van der Waals surface area contributed by atoms with Crippen molar-refractivity contribution in [1.29, 1.82) is 0 Å². The second-order valence-corrected chi connectivity index (χ2v) is 7.58. The van der Waals surface area contributed by atoms with E-state index in [2.05, 4.69) is 31.4 Å². The van der Waals surface area contributed by atoms with E-state index in [9.17, 15) is 13.6 Å². The number of hydrogen-bond donors (Lipinski definition) is 1.